The number of aromatic nitrogens is 2. The van der Waals surface area contributed by atoms with Crippen LogP contribution in [-0.4, -0.2) is 9.78 Å². The Labute approximate surface area is 106 Å². The predicted molar refractivity (Wildman–Crippen MR) is 73.2 cm³/mol. The normalized spacial score (nSPS) is 10.9. The Hall–Kier alpha value is -2.13. The minimum absolute atomic E-state index is 0.537. The Kier molecular flexibility index (Phi) is 2.82. The Morgan fingerprint density at radius 3 is 2.72 bits per heavy atom. The maximum absolute atomic E-state index is 5.59. The highest BCUT2D eigenvalue weighted by Gasteiger charge is 2.02. The van der Waals surface area contributed by atoms with Crippen molar-refractivity contribution < 1.29 is 0 Å². The van der Waals surface area contributed by atoms with E-state index in [1.54, 1.807) is 0 Å². The smallest absolute Gasteiger partial charge is 0.0665 e. The molecule has 0 unspecified atom stereocenters. The third-order valence-corrected chi connectivity index (χ3v) is 3.13. The van der Waals surface area contributed by atoms with Gasteiger partial charge >= 0.3 is 0 Å². The van der Waals surface area contributed by atoms with Crippen molar-refractivity contribution in [2.45, 2.75) is 13.1 Å². The quantitative estimate of drug-likeness (QED) is 0.760. The number of hydrogen-bond acceptors (Lipinski definition) is 2. The zero-order valence-corrected chi connectivity index (χ0v) is 10.1. The molecule has 0 saturated carbocycles. The van der Waals surface area contributed by atoms with E-state index in [-0.39, 0.29) is 0 Å². The van der Waals surface area contributed by atoms with E-state index in [2.05, 4.69) is 47.6 Å². The van der Waals surface area contributed by atoms with Crippen LogP contribution in [0, 0.1) is 0 Å². The summed E-state index contributed by atoms with van der Waals surface area (Å²) in [5.74, 6) is 0. The molecule has 2 aromatic carbocycles. The summed E-state index contributed by atoms with van der Waals surface area (Å²) in [7, 11) is 0. The van der Waals surface area contributed by atoms with Gasteiger partial charge in [-0.05, 0) is 16.3 Å². The van der Waals surface area contributed by atoms with Crippen LogP contribution >= 0.6 is 0 Å². The van der Waals surface area contributed by atoms with Gasteiger partial charge in [0.25, 0.3) is 0 Å². The molecule has 0 aliphatic heterocycles. The Bertz CT molecular complexity index is 665. The average molecular weight is 237 g/mol. The van der Waals surface area contributed by atoms with Crippen LogP contribution in [0.15, 0.2) is 54.9 Å². The third kappa shape index (κ3) is 2.00. The number of rotatable bonds is 3. The lowest BCUT2D eigenvalue weighted by atomic mass is 10.0. The molecular formula is C15H15N3. The van der Waals surface area contributed by atoms with E-state index in [0.29, 0.717) is 6.54 Å². The van der Waals surface area contributed by atoms with Crippen LogP contribution in [0.5, 0.6) is 0 Å². The fourth-order valence-corrected chi connectivity index (χ4v) is 2.20. The molecule has 0 fully saturated rings. The van der Waals surface area contributed by atoms with Gasteiger partial charge in [-0.25, -0.2) is 0 Å². The van der Waals surface area contributed by atoms with E-state index < -0.39 is 0 Å². The first-order valence-electron chi connectivity index (χ1n) is 6.05. The molecule has 3 aromatic rings. The van der Waals surface area contributed by atoms with Crippen molar-refractivity contribution in [1.29, 1.82) is 0 Å². The monoisotopic (exact) mass is 237 g/mol. The number of nitrogens with two attached hydrogens (primary N) is 1. The molecule has 1 aromatic heterocycles. The van der Waals surface area contributed by atoms with Crippen LogP contribution < -0.4 is 5.73 Å². The summed E-state index contributed by atoms with van der Waals surface area (Å²) in [6.07, 6.45) is 3.83. The molecule has 3 heteroatoms. The van der Waals surface area contributed by atoms with Gasteiger partial charge in [-0.15, -0.1) is 0 Å². The van der Waals surface area contributed by atoms with E-state index in [4.69, 9.17) is 5.73 Å². The second-order valence-corrected chi connectivity index (χ2v) is 4.39. The lowest BCUT2D eigenvalue weighted by Crippen LogP contribution is -2.01. The van der Waals surface area contributed by atoms with Gasteiger partial charge in [-0.1, -0.05) is 42.5 Å². The SMILES string of the molecule is NCc1cnn(Cc2cccc3ccccc23)c1. The molecule has 3 nitrogen and oxygen atoms in total. The Balaban J connectivity index is 1.99. The average Bonchev–Trinajstić information content (AvgIpc) is 2.87. The molecule has 0 aliphatic rings. The van der Waals surface area contributed by atoms with Crippen LogP contribution in [-0.2, 0) is 13.1 Å². The van der Waals surface area contributed by atoms with Gasteiger partial charge in [-0.2, -0.15) is 5.10 Å². The Morgan fingerprint density at radius 1 is 1.06 bits per heavy atom. The van der Waals surface area contributed by atoms with Crippen molar-refractivity contribution in [1.82, 2.24) is 9.78 Å². The Morgan fingerprint density at radius 2 is 1.89 bits per heavy atom. The van der Waals surface area contributed by atoms with Crippen molar-refractivity contribution in [2.75, 3.05) is 0 Å². The third-order valence-electron chi connectivity index (χ3n) is 3.13. The maximum atomic E-state index is 5.59. The largest absolute Gasteiger partial charge is 0.326 e. The van der Waals surface area contributed by atoms with Gasteiger partial charge in [-0.3, -0.25) is 4.68 Å². The number of fused-ring (bicyclic) bond motifs is 1. The summed E-state index contributed by atoms with van der Waals surface area (Å²) in [4.78, 5) is 0. The first-order chi connectivity index (χ1) is 8.86. The van der Waals surface area contributed by atoms with Crippen LogP contribution in [0.1, 0.15) is 11.1 Å². The van der Waals surface area contributed by atoms with E-state index in [1.165, 1.54) is 16.3 Å². The molecule has 0 atom stereocenters. The number of nitrogens with zero attached hydrogens (tertiary/aromatic N) is 2. The molecule has 0 aliphatic carbocycles. The molecule has 2 N–H and O–H groups in total. The van der Waals surface area contributed by atoms with Crippen molar-refractivity contribution in [2.24, 2.45) is 5.73 Å². The molecule has 1 heterocycles. The standard InChI is InChI=1S/C15H15N3/c16-8-12-9-17-18(10-12)11-14-6-3-5-13-4-1-2-7-15(13)14/h1-7,9-10H,8,11,16H2. The molecule has 90 valence electrons. The zero-order chi connectivity index (χ0) is 12.4. The minimum Gasteiger partial charge on any atom is -0.326 e. The first-order valence-corrected chi connectivity index (χ1v) is 6.05. The second kappa shape index (κ2) is 4.63. The van der Waals surface area contributed by atoms with Crippen molar-refractivity contribution >= 4 is 10.8 Å². The molecule has 0 bridgehead atoms. The summed E-state index contributed by atoms with van der Waals surface area (Å²) < 4.78 is 1.93. The highest BCUT2D eigenvalue weighted by molar-refractivity contribution is 5.85. The summed E-state index contributed by atoms with van der Waals surface area (Å²) in [6.45, 7) is 1.32. The van der Waals surface area contributed by atoms with E-state index >= 15 is 0 Å². The molecule has 18 heavy (non-hydrogen) atoms. The fraction of sp³-hybridized carbons (Fsp3) is 0.133. The molecule has 0 saturated heterocycles. The summed E-state index contributed by atoms with van der Waals surface area (Å²) in [5, 5.41) is 6.87. The summed E-state index contributed by atoms with van der Waals surface area (Å²) in [6, 6.07) is 14.8. The van der Waals surface area contributed by atoms with E-state index in [9.17, 15) is 0 Å². The van der Waals surface area contributed by atoms with Crippen molar-refractivity contribution in [3.05, 3.63) is 66.0 Å². The van der Waals surface area contributed by atoms with Crippen LogP contribution in [0.25, 0.3) is 10.8 Å². The van der Waals surface area contributed by atoms with Crippen molar-refractivity contribution in [3.8, 4) is 0 Å². The summed E-state index contributed by atoms with van der Waals surface area (Å²) >= 11 is 0. The molecule has 0 spiro atoms. The topological polar surface area (TPSA) is 43.8 Å². The summed E-state index contributed by atoms with van der Waals surface area (Å²) in [5.41, 5.74) is 7.94. The second-order valence-electron chi connectivity index (χ2n) is 4.39. The van der Waals surface area contributed by atoms with Gasteiger partial charge in [0, 0.05) is 18.3 Å². The lowest BCUT2D eigenvalue weighted by molar-refractivity contribution is 0.689. The first kappa shape index (κ1) is 11.0. The molecule has 3 rings (SSSR count). The zero-order valence-electron chi connectivity index (χ0n) is 10.1. The predicted octanol–water partition coefficient (Wildman–Crippen LogP) is 2.54. The van der Waals surface area contributed by atoms with Gasteiger partial charge < -0.3 is 5.73 Å². The molecular weight excluding hydrogens is 222 g/mol. The van der Waals surface area contributed by atoms with E-state index in [0.717, 1.165) is 12.1 Å². The number of hydrogen-bond donors (Lipinski definition) is 1. The lowest BCUT2D eigenvalue weighted by Gasteiger charge is -2.06. The van der Waals surface area contributed by atoms with Crippen LogP contribution in [0.4, 0.5) is 0 Å². The van der Waals surface area contributed by atoms with Gasteiger partial charge in [0.05, 0.1) is 12.7 Å². The maximum Gasteiger partial charge on any atom is 0.0665 e. The number of benzene rings is 2. The van der Waals surface area contributed by atoms with Gasteiger partial charge in [0.15, 0.2) is 0 Å². The van der Waals surface area contributed by atoms with Crippen LogP contribution in [0.2, 0.25) is 0 Å². The van der Waals surface area contributed by atoms with Gasteiger partial charge in [0.1, 0.15) is 0 Å². The molecule has 0 amide bonds. The van der Waals surface area contributed by atoms with E-state index in [1.807, 2.05) is 17.1 Å². The molecule has 0 radical (unpaired) electrons. The highest BCUT2D eigenvalue weighted by Crippen LogP contribution is 2.19. The fourth-order valence-electron chi connectivity index (χ4n) is 2.20. The van der Waals surface area contributed by atoms with Crippen LogP contribution in [0.3, 0.4) is 0 Å². The van der Waals surface area contributed by atoms with Crippen molar-refractivity contribution in [3.63, 3.8) is 0 Å². The van der Waals surface area contributed by atoms with Gasteiger partial charge in [0.2, 0.25) is 0 Å². The highest BCUT2D eigenvalue weighted by atomic mass is 15.3. The minimum atomic E-state index is 0.537.